The Kier molecular flexibility index (Phi) is 2.26. The summed E-state index contributed by atoms with van der Waals surface area (Å²) < 4.78 is 10.2. The van der Waals surface area contributed by atoms with Crippen molar-refractivity contribution in [2.45, 2.75) is 12.8 Å². The average Bonchev–Trinajstić information content (AvgIpc) is 2.17. The maximum atomic E-state index is 10.5. The molecule has 0 saturated carbocycles. The Bertz CT molecular complexity index is 362. The number of carbonyl (C=O) groups excluding carboxylic acids is 1. The van der Waals surface area contributed by atoms with Gasteiger partial charge in [-0.05, 0) is 36.6 Å². The van der Waals surface area contributed by atoms with Crippen molar-refractivity contribution in [1.29, 1.82) is 0 Å². The molecule has 14 heavy (non-hydrogen) atoms. The van der Waals surface area contributed by atoms with Crippen molar-refractivity contribution in [2.24, 2.45) is 5.73 Å². The first kappa shape index (κ1) is 8.87. The molecule has 2 rings (SSSR count). The number of hydrogen-bond donors (Lipinski definition) is 1. The zero-order valence-corrected chi connectivity index (χ0v) is 7.66. The predicted molar refractivity (Wildman–Crippen MR) is 50.5 cm³/mol. The monoisotopic (exact) mass is 193 g/mol. The van der Waals surface area contributed by atoms with Crippen LogP contribution < -0.4 is 15.2 Å². The van der Waals surface area contributed by atoms with E-state index in [2.05, 4.69) is 0 Å². The van der Waals surface area contributed by atoms with Crippen LogP contribution in [0, 0.1) is 0 Å². The topological polar surface area (TPSA) is 61.6 Å². The molecule has 0 fully saturated rings. The first-order valence-corrected chi connectivity index (χ1v) is 4.49. The molecule has 2 N–H and O–H groups in total. The minimum atomic E-state index is -0.790. The molecule has 1 heterocycles. The molecule has 1 aliphatic rings. The van der Waals surface area contributed by atoms with Crippen molar-refractivity contribution in [3.8, 4) is 11.5 Å². The molecule has 0 aromatic heterocycles. The number of fused-ring (bicyclic) bond motifs is 1. The van der Waals surface area contributed by atoms with Crippen LogP contribution in [-0.4, -0.2) is 12.7 Å². The van der Waals surface area contributed by atoms with Gasteiger partial charge in [-0.15, -0.1) is 0 Å². The van der Waals surface area contributed by atoms with Gasteiger partial charge in [0.15, 0.2) is 0 Å². The lowest BCUT2D eigenvalue weighted by Crippen LogP contribution is -2.16. The third-order valence-corrected chi connectivity index (χ3v) is 2.10. The lowest BCUT2D eigenvalue weighted by atomic mass is 10.1. The van der Waals surface area contributed by atoms with Crippen LogP contribution in [0.4, 0.5) is 4.79 Å². The number of hydrogen-bond acceptors (Lipinski definition) is 3. The minimum absolute atomic E-state index is 0.474. The maximum absolute atomic E-state index is 10.5. The first-order chi connectivity index (χ1) is 6.75. The summed E-state index contributed by atoms with van der Waals surface area (Å²) in [6.07, 6.45) is 1.15. The van der Waals surface area contributed by atoms with Crippen molar-refractivity contribution < 1.29 is 14.3 Å². The second kappa shape index (κ2) is 3.57. The predicted octanol–water partition coefficient (Wildman–Crippen LogP) is 1.47. The van der Waals surface area contributed by atoms with Gasteiger partial charge in [0.05, 0.1) is 6.61 Å². The third-order valence-electron chi connectivity index (χ3n) is 2.10. The van der Waals surface area contributed by atoms with Crippen molar-refractivity contribution in [2.75, 3.05) is 6.61 Å². The van der Waals surface area contributed by atoms with Gasteiger partial charge < -0.3 is 15.2 Å². The molecule has 0 spiro atoms. The Hall–Kier alpha value is -1.71. The van der Waals surface area contributed by atoms with E-state index < -0.39 is 6.09 Å². The fourth-order valence-corrected chi connectivity index (χ4v) is 1.52. The summed E-state index contributed by atoms with van der Waals surface area (Å²) in [7, 11) is 0. The summed E-state index contributed by atoms with van der Waals surface area (Å²) in [5.41, 5.74) is 5.97. The van der Waals surface area contributed by atoms with Gasteiger partial charge in [0.1, 0.15) is 11.5 Å². The molecular formula is C10H11NO3. The first-order valence-electron chi connectivity index (χ1n) is 4.49. The van der Waals surface area contributed by atoms with E-state index in [0.29, 0.717) is 5.75 Å². The van der Waals surface area contributed by atoms with Crippen LogP contribution >= 0.6 is 0 Å². The molecule has 0 bridgehead atoms. The SMILES string of the molecule is NC(=O)Oc1ccc2c(c1)CCCO2. The Morgan fingerprint density at radius 2 is 2.36 bits per heavy atom. The summed E-state index contributed by atoms with van der Waals surface area (Å²) in [4.78, 5) is 10.5. The van der Waals surface area contributed by atoms with Gasteiger partial charge in [-0.1, -0.05) is 0 Å². The molecule has 4 nitrogen and oxygen atoms in total. The number of ether oxygens (including phenoxy) is 2. The van der Waals surface area contributed by atoms with E-state index in [0.717, 1.165) is 30.8 Å². The smallest absolute Gasteiger partial charge is 0.409 e. The number of rotatable bonds is 1. The molecular weight excluding hydrogens is 182 g/mol. The Balaban J connectivity index is 2.24. The van der Waals surface area contributed by atoms with Crippen LogP contribution in [0.3, 0.4) is 0 Å². The van der Waals surface area contributed by atoms with Crippen molar-refractivity contribution in [3.63, 3.8) is 0 Å². The lowest BCUT2D eigenvalue weighted by molar-refractivity contribution is 0.210. The highest BCUT2D eigenvalue weighted by molar-refractivity contribution is 5.68. The number of amides is 1. The molecule has 4 heteroatoms. The largest absolute Gasteiger partial charge is 0.493 e. The number of carbonyl (C=O) groups is 1. The van der Waals surface area contributed by atoms with E-state index in [1.807, 2.05) is 0 Å². The summed E-state index contributed by atoms with van der Waals surface area (Å²) in [6.45, 7) is 0.753. The highest BCUT2D eigenvalue weighted by Crippen LogP contribution is 2.28. The zero-order valence-electron chi connectivity index (χ0n) is 7.66. The summed E-state index contributed by atoms with van der Waals surface area (Å²) in [6, 6.07) is 5.26. The number of aryl methyl sites for hydroxylation is 1. The van der Waals surface area contributed by atoms with Gasteiger partial charge in [-0.25, -0.2) is 4.79 Å². The molecule has 0 aliphatic carbocycles. The molecule has 0 unspecified atom stereocenters. The van der Waals surface area contributed by atoms with Gasteiger partial charge in [0.25, 0.3) is 0 Å². The fourth-order valence-electron chi connectivity index (χ4n) is 1.52. The second-order valence-corrected chi connectivity index (χ2v) is 3.14. The Morgan fingerprint density at radius 1 is 1.50 bits per heavy atom. The summed E-state index contributed by atoms with van der Waals surface area (Å²) >= 11 is 0. The van der Waals surface area contributed by atoms with Gasteiger partial charge in [-0.2, -0.15) is 0 Å². The van der Waals surface area contributed by atoms with Crippen LogP contribution in [0.2, 0.25) is 0 Å². The van der Waals surface area contributed by atoms with Gasteiger partial charge in [-0.3, -0.25) is 0 Å². The van der Waals surface area contributed by atoms with E-state index in [1.54, 1.807) is 18.2 Å². The fraction of sp³-hybridized carbons (Fsp3) is 0.300. The van der Waals surface area contributed by atoms with Crippen molar-refractivity contribution in [1.82, 2.24) is 0 Å². The van der Waals surface area contributed by atoms with Crippen LogP contribution in [0.5, 0.6) is 11.5 Å². The van der Waals surface area contributed by atoms with E-state index in [1.165, 1.54) is 0 Å². The molecule has 0 radical (unpaired) electrons. The molecule has 1 aromatic rings. The lowest BCUT2D eigenvalue weighted by Gasteiger charge is -2.17. The van der Waals surface area contributed by atoms with Crippen LogP contribution in [0.1, 0.15) is 12.0 Å². The van der Waals surface area contributed by atoms with Crippen LogP contribution in [0.15, 0.2) is 18.2 Å². The van der Waals surface area contributed by atoms with E-state index in [-0.39, 0.29) is 0 Å². The van der Waals surface area contributed by atoms with Gasteiger partial charge in [0.2, 0.25) is 0 Å². The van der Waals surface area contributed by atoms with E-state index >= 15 is 0 Å². The van der Waals surface area contributed by atoms with E-state index in [4.69, 9.17) is 15.2 Å². The normalized spacial score (nSPS) is 14.0. The van der Waals surface area contributed by atoms with Gasteiger partial charge >= 0.3 is 6.09 Å². The average molecular weight is 193 g/mol. The molecule has 1 aromatic carbocycles. The minimum Gasteiger partial charge on any atom is -0.493 e. The quantitative estimate of drug-likeness (QED) is 0.734. The Morgan fingerprint density at radius 3 is 3.14 bits per heavy atom. The highest BCUT2D eigenvalue weighted by Gasteiger charge is 2.11. The number of primary amides is 1. The van der Waals surface area contributed by atoms with Gasteiger partial charge in [0, 0.05) is 0 Å². The van der Waals surface area contributed by atoms with Crippen molar-refractivity contribution >= 4 is 6.09 Å². The number of benzene rings is 1. The molecule has 1 aliphatic heterocycles. The third kappa shape index (κ3) is 1.79. The highest BCUT2D eigenvalue weighted by atomic mass is 16.5. The van der Waals surface area contributed by atoms with Crippen LogP contribution in [-0.2, 0) is 6.42 Å². The summed E-state index contributed by atoms with van der Waals surface area (Å²) in [5, 5.41) is 0. The number of nitrogens with two attached hydrogens (primary N) is 1. The van der Waals surface area contributed by atoms with E-state index in [9.17, 15) is 4.79 Å². The molecule has 1 amide bonds. The van der Waals surface area contributed by atoms with Crippen molar-refractivity contribution in [3.05, 3.63) is 23.8 Å². The molecule has 74 valence electrons. The maximum Gasteiger partial charge on any atom is 0.409 e. The molecule has 0 saturated heterocycles. The Labute approximate surface area is 81.6 Å². The van der Waals surface area contributed by atoms with Crippen LogP contribution in [0.25, 0.3) is 0 Å². The zero-order chi connectivity index (χ0) is 9.97. The summed E-state index contributed by atoms with van der Waals surface area (Å²) in [5.74, 6) is 1.34. The molecule has 0 atom stereocenters. The standard InChI is InChI=1S/C10H11NO3/c11-10(12)14-8-3-4-9-7(6-8)2-1-5-13-9/h3-4,6H,1-2,5H2,(H2,11,12). The second-order valence-electron chi connectivity index (χ2n) is 3.14.